The summed E-state index contributed by atoms with van der Waals surface area (Å²) in [4.78, 5) is 0. The largest absolute Gasteiger partial charge is 0.416 e. The molecule has 18 heavy (non-hydrogen) atoms. The van der Waals surface area contributed by atoms with Crippen molar-refractivity contribution in [3.63, 3.8) is 0 Å². The van der Waals surface area contributed by atoms with Crippen LogP contribution >= 0.6 is 12.4 Å². The molecule has 1 aromatic carbocycles. The van der Waals surface area contributed by atoms with Crippen molar-refractivity contribution in [3.8, 4) is 0 Å². The summed E-state index contributed by atoms with van der Waals surface area (Å²) in [6, 6.07) is -2.04. The zero-order valence-corrected chi connectivity index (χ0v) is 9.26. The number of alkyl halides is 6. The van der Waals surface area contributed by atoms with Crippen molar-refractivity contribution in [1.82, 2.24) is 0 Å². The molecule has 1 aromatic rings. The lowest BCUT2D eigenvalue weighted by atomic mass is 10.0. The molecule has 1 nitrogen and oxygen atoms in total. The van der Waals surface area contributed by atoms with E-state index in [0.29, 0.717) is 6.07 Å². The van der Waals surface area contributed by atoms with Gasteiger partial charge in [-0.15, -0.1) is 12.4 Å². The van der Waals surface area contributed by atoms with Crippen molar-refractivity contribution in [2.75, 3.05) is 0 Å². The Kier molecular flexibility index (Phi) is 5.01. The van der Waals surface area contributed by atoms with Crippen LogP contribution in [0.4, 0.5) is 30.7 Å². The number of nitrogens with two attached hydrogens (primary N) is 1. The topological polar surface area (TPSA) is 26.0 Å². The molecule has 0 aliphatic carbocycles. The fourth-order valence-electron chi connectivity index (χ4n) is 1.14. The Hall–Kier alpha value is -1.02. The van der Waals surface area contributed by atoms with Gasteiger partial charge in [0.05, 0.1) is 5.56 Å². The number of hydrogen-bond acceptors (Lipinski definition) is 1. The Morgan fingerprint density at radius 2 is 1.44 bits per heavy atom. The first-order valence-electron chi connectivity index (χ1n) is 4.22. The quantitative estimate of drug-likeness (QED) is 0.783. The minimum atomic E-state index is -4.93. The fourth-order valence-corrected chi connectivity index (χ4v) is 1.14. The molecule has 0 spiro atoms. The third-order valence-electron chi connectivity index (χ3n) is 1.96. The minimum Gasteiger partial charge on any atom is -0.316 e. The van der Waals surface area contributed by atoms with Crippen LogP contribution in [0.5, 0.6) is 0 Å². The molecule has 0 bridgehead atoms. The van der Waals surface area contributed by atoms with Gasteiger partial charge in [-0.1, -0.05) is 0 Å². The number of rotatable bonds is 1. The molecule has 0 radical (unpaired) electrons. The molecule has 0 aliphatic rings. The summed E-state index contributed by atoms with van der Waals surface area (Å²) < 4.78 is 85.9. The fraction of sp³-hybridized carbons (Fsp3) is 0.333. The lowest BCUT2D eigenvalue weighted by molar-refractivity contribution is -0.150. The predicted octanol–water partition coefficient (Wildman–Crippen LogP) is 3.83. The zero-order chi connectivity index (χ0) is 13.4. The molecule has 0 amide bonds. The molecular formula is C9H7ClF7N. The first-order chi connectivity index (χ1) is 7.51. The van der Waals surface area contributed by atoms with Crippen molar-refractivity contribution >= 4 is 12.4 Å². The van der Waals surface area contributed by atoms with Crippen molar-refractivity contribution in [2.45, 2.75) is 18.4 Å². The predicted molar refractivity (Wildman–Crippen MR) is 51.6 cm³/mol. The number of halogens is 8. The first-order valence-corrected chi connectivity index (χ1v) is 4.22. The van der Waals surface area contributed by atoms with Gasteiger partial charge >= 0.3 is 12.4 Å². The van der Waals surface area contributed by atoms with Crippen LogP contribution in [0.15, 0.2) is 18.2 Å². The Morgan fingerprint density at radius 3 is 1.83 bits per heavy atom. The highest BCUT2D eigenvalue weighted by molar-refractivity contribution is 5.85. The van der Waals surface area contributed by atoms with E-state index >= 15 is 0 Å². The molecule has 0 unspecified atom stereocenters. The van der Waals surface area contributed by atoms with Crippen LogP contribution in [-0.4, -0.2) is 6.18 Å². The molecule has 0 aliphatic heterocycles. The second kappa shape index (κ2) is 5.31. The zero-order valence-electron chi connectivity index (χ0n) is 8.44. The van der Waals surface area contributed by atoms with Crippen LogP contribution in [0.25, 0.3) is 0 Å². The van der Waals surface area contributed by atoms with Crippen LogP contribution < -0.4 is 5.73 Å². The second-order valence-electron chi connectivity index (χ2n) is 3.29. The lowest BCUT2D eigenvalue weighted by Gasteiger charge is -2.17. The van der Waals surface area contributed by atoms with Crippen molar-refractivity contribution in [3.05, 3.63) is 35.1 Å². The van der Waals surface area contributed by atoms with E-state index in [4.69, 9.17) is 5.73 Å². The van der Waals surface area contributed by atoms with Gasteiger partial charge in [0.15, 0.2) is 0 Å². The van der Waals surface area contributed by atoms with Crippen LogP contribution in [0.3, 0.4) is 0 Å². The number of benzene rings is 1. The van der Waals surface area contributed by atoms with E-state index in [1.165, 1.54) is 0 Å². The highest BCUT2D eigenvalue weighted by Crippen LogP contribution is 2.35. The van der Waals surface area contributed by atoms with E-state index in [-0.39, 0.29) is 24.5 Å². The minimum absolute atomic E-state index is 0. The van der Waals surface area contributed by atoms with Crippen LogP contribution in [-0.2, 0) is 6.18 Å². The Morgan fingerprint density at radius 1 is 0.944 bits per heavy atom. The molecule has 0 aromatic heterocycles. The molecule has 2 N–H and O–H groups in total. The highest BCUT2D eigenvalue weighted by Gasteiger charge is 2.39. The van der Waals surface area contributed by atoms with E-state index in [1.807, 2.05) is 0 Å². The summed E-state index contributed by atoms with van der Waals surface area (Å²) >= 11 is 0. The molecule has 0 heterocycles. The molecule has 9 heteroatoms. The summed E-state index contributed by atoms with van der Waals surface area (Å²) in [6.07, 6.45) is -9.86. The van der Waals surface area contributed by atoms with Gasteiger partial charge in [0.25, 0.3) is 0 Å². The summed E-state index contributed by atoms with van der Waals surface area (Å²) in [5.41, 5.74) is 2.22. The monoisotopic (exact) mass is 297 g/mol. The molecular weight excluding hydrogens is 291 g/mol. The maximum atomic E-state index is 12.8. The summed E-state index contributed by atoms with van der Waals surface area (Å²) in [7, 11) is 0. The van der Waals surface area contributed by atoms with Gasteiger partial charge in [-0.3, -0.25) is 0 Å². The second-order valence-corrected chi connectivity index (χ2v) is 3.29. The Labute approximate surface area is 103 Å². The van der Waals surface area contributed by atoms with E-state index < -0.39 is 35.3 Å². The van der Waals surface area contributed by atoms with E-state index in [0.717, 1.165) is 0 Å². The molecule has 0 saturated heterocycles. The summed E-state index contributed by atoms with van der Waals surface area (Å²) in [6.45, 7) is 0. The number of hydrogen-bond donors (Lipinski definition) is 1. The van der Waals surface area contributed by atoms with Gasteiger partial charge in [-0.05, 0) is 23.8 Å². The third-order valence-corrected chi connectivity index (χ3v) is 1.96. The van der Waals surface area contributed by atoms with Gasteiger partial charge in [-0.2, -0.15) is 26.3 Å². The van der Waals surface area contributed by atoms with Gasteiger partial charge in [0.1, 0.15) is 11.9 Å². The van der Waals surface area contributed by atoms with Crippen LogP contribution in [0.1, 0.15) is 17.2 Å². The SMILES string of the molecule is Cl.N[C@H](c1cc(F)cc(C(F)(F)F)c1)C(F)(F)F. The Bertz CT molecular complexity index is 412. The lowest BCUT2D eigenvalue weighted by Crippen LogP contribution is -2.28. The van der Waals surface area contributed by atoms with Gasteiger partial charge in [0, 0.05) is 0 Å². The summed E-state index contributed by atoms with van der Waals surface area (Å²) in [5, 5.41) is 0. The van der Waals surface area contributed by atoms with Gasteiger partial charge in [-0.25, -0.2) is 4.39 Å². The summed E-state index contributed by atoms with van der Waals surface area (Å²) in [5.74, 6) is -1.42. The first kappa shape index (κ1) is 17.0. The van der Waals surface area contributed by atoms with E-state index in [9.17, 15) is 30.7 Å². The average Bonchev–Trinajstić information content (AvgIpc) is 2.12. The molecule has 0 saturated carbocycles. The standard InChI is InChI=1S/C9H6F7N.ClH/c10-6-2-4(7(17)9(14,15)16)1-5(3-6)8(11,12)13;/h1-3,7H,17H2;1H/t7-;/m1./s1. The van der Waals surface area contributed by atoms with Crippen molar-refractivity contribution in [1.29, 1.82) is 0 Å². The van der Waals surface area contributed by atoms with Crippen molar-refractivity contribution < 1.29 is 30.7 Å². The van der Waals surface area contributed by atoms with Gasteiger partial charge < -0.3 is 5.73 Å². The Balaban J connectivity index is 0.00000289. The molecule has 1 rings (SSSR count). The maximum absolute atomic E-state index is 12.8. The molecule has 0 fully saturated rings. The molecule has 1 atom stereocenters. The highest BCUT2D eigenvalue weighted by atomic mass is 35.5. The van der Waals surface area contributed by atoms with Crippen LogP contribution in [0.2, 0.25) is 0 Å². The normalized spacial score (nSPS) is 14.0. The van der Waals surface area contributed by atoms with E-state index in [2.05, 4.69) is 0 Å². The maximum Gasteiger partial charge on any atom is 0.416 e. The molecule has 104 valence electrons. The smallest absolute Gasteiger partial charge is 0.316 e. The van der Waals surface area contributed by atoms with Gasteiger partial charge in [0.2, 0.25) is 0 Å². The average molecular weight is 298 g/mol. The van der Waals surface area contributed by atoms with Crippen LogP contribution in [0, 0.1) is 5.82 Å². The third kappa shape index (κ3) is 4.02. The van der Waals surface area contributed by atoms with Crippen molar-refractivity contribution in [2.24, 2.45) is 5.73 Å². The van der Waals surface area contributed by atoms with E-state index in [1.54, 1.807) is 0 Å².